The molecule has 0 saturated carbocycles. The van der Waals surface area contributed by atoms with Crippen molar-refractivity contribution < 1.29 is 5.11 Å². The van der Waals surface area contributed by atoms with Crippen LogP contribution in [0.25, 0.3) is 0 Å². The number of hydrogen-bond donors (Lipinski definition) is 3. The van der Waals surface area contributed by atoms with Gasteiger partial charge in [0, 0.05) is 17.3 Å². The largest absolute Gasteiger partial charge is 0.508 e. The van der Waals surface area contributed by atoms with Gasteiger partial charge < -0.3 is 16.6 Å². The van der Waals surface area contributed by atoms with Crippen molar-refractivity contribution in [1.82, 2.24) is 0 Å². The van der Waals surface area contributed by atoms with Crippen LogP contribution in [0.15, 0.2) is 12.1 Å². The number of aromatic hydroxyl groups is 1. The van der Waals surface area contributed by atoms with Gasteiger partial charge in [0.1, 0.15) is 5.75 Å². The molecule has 13 heavy (non-hydrogen) atoms. The van der Waals surface area contributed by atoms with Gasteiger partial charge in [0.2, 0.25) is 0 Å². The van der Waals surface area contributed by atoms with Gasteiger partial charge in [0.25, 0.3) is 0 Å². The summed E-state index contributed by atoms with van der Waals surface area (Å²) in [5, 5.41) is 9.62. The Balaban J connectivity index is 2.60. The second-order valence-corrected chi connectivity index (χ2v) is 3.56. The summed E-state index contributed by atoms with van der Waals surface area (Å²) in [6.45, 7) is 0. The number of hydrogen-bond acceptors (Lipinski definition) is 3. The molecule has 1 aliphatic rings. The van der Waals surface area contributed by atoms with Crippen molar-refractivity contribution in [3.05, 3.63) is 23.3 Å². The summed E-state index contributed by atoms with van der Waals surface area (Å²) in [5.41, 5.74) is 14.4. The second-order valence-electron chi connectivity index (χ2n) is 3.56. The van der Waals surface area contributed by atoms with Crippen molar-refractivity contribution in [2.45, 2.75) is 25.3 Å². The number of fused-ring (bicyclic) bond motifs is 1. The van der Waals surface area contributed by atoms with Crippen LogP contribution in [-0.4, -0.2) is 5.11 Å². The lowest BCUT2D eigenvalue weighted by atomic mass is 9.86. The quantitative estimate of drug-likeness (QED) is 0.414. The fraction of sp³-hybridized carbons (Fsp3) is 0.400. The first-order chi connectivity index (χ1) is 6.20. The maximum absolute atomic E-state index is 9.62. The molecule has 1 aromatic rings. The topological polar surface area (TPSA) is 72.3 Å². The molecule has 5 N–H and O–H groups in total. The maximum atomic E-state index is 9.62. The highest BCUT2D eigenvalue weighted by Crippen LogP contribution is 2.37. The standard InChI is InChI=1S/C10H14N2O/c11-7-4-5-9(13)10-6(7)2-1-3-8(10)12/h4-5,8,13H,1-3,11-12H2/t8-/m1/s1. The summed E-state index contributed by atoms with van der Waals surface area (Å²) in [7, 11) is 0. The zero-order valence-electron chi connectivity index (χ0n) is 7.46. The van der Waals surface area contributed by atoms with E-state index in [9.17, 15) is 5.11 Å². The van der Waals surface area contributed by atoms with Gasteiger partial charge in [-0.2, -0.15) is 0 Å². The van der Waals surface area contributed by atoms with E-state index in [1.54, 1.807) is 12.1 Å². The van der Waals surface area contributed by atoms with E-state index in [0.29, 0.717) is 0 Å². The van der Waals surface area contributed by atoms with Crippen molar-refractivity contribution in [1.29, 1.82) is 0 Å². The third-order valence-corrected chi connectivity index (χ3v) is 2.68. The molecule has 0 bridgehead atoms. The van der Waals surface area contributed by atoms with Crippen molar-refractivity contribution in [2.24, 2.45) is 5.73 Å². The first-order valence-electron chi connectivity index (χ1n) is 4.56. The summed E-state index contributed by atoms with van der Waals surface area (Å²) >= 11 is 0. The van der Waals surface area contributed by atoms with E-state index >= 15 is 0 Å². The number of anilines is 1. The van der Waals surface area contributed by atoms with E-state index in [1.165, 1.54) is 0 Å². The lowest BCUT2D eigenvalue weighted by Crippen LogP contribution is -2.18. The van der Waals surface area contributed by atoms with Crippen LogP contribution in [0.5, 0.6) is 5.75 Å². The predicted molar refractivity (Wildman–Crippen MR) is 52.4 cm³/mol. The number of nitrogens with two attached hydrogens (primary N) is 2. The molecular weight excluding hydrogens is 164 g/mol. The van der Waals surface area contributed by atoms with Crippen LogP contribution in [0.4, 0.5) is 5.69 Å². The minimum atomic E-state index is -0.0488. The van der Waals surface area contributed by atoms with Crippen molar-refractivity contribution >= 4 is 5.69 Å². The molecule has 0 radical (unpaired) electrons. The third-order valence-electron chi connectivity index (χ3n) is 2.68. The minimum Gasteiger partial charge on any atom is -0.508 e. The Morgan fingerprint density at radius 3 is 2.85 bits per heavy atom. The Morgan fingerprint density at radius 1 is 1.38 bits per heavy atom. The lowest BCUT2D eigenvalue weighted by Gasteiger charge is -2.24. The highest BCUT2D eigenvalue weighted by atomic mass is 16.3. The average Bonchev–Trinajstić information content (AvgIpc) is 2.12. The number of nitrogen functional groups attached to an aromatic ring is 1. The van der Waals surface area contributed by atoms with Gasteiger partial charge in [0.05, 0.1) is 0 Å². The molecule has 0 fully saturated rings. The molecule has 3 heteroatoms. The Kier molecular flexibility index (Phi) is 1.88. The van der Waals surface area contributed by atoms with E-state index < -0.39 is 0 Å². The Hall–Kier alpha value is -1.22. The smallest absolute Gasteiger partial charge is 0.120 e. The first kappa shape index (κ1) is 8.38. The maximum Gasteiger partial charge on any atom is 0.120 e. The second kappa shape index (κ2) is 2.92. The third kappa shape index (κ3) is 1.25. The summed E-state index contributed by atoms with van der Waals surface area (Å²) in [4.78, 5) is 0. The molecule has 0 unspecified atom stereocenters. The van der Waals surface area contributed by atoms with Crippen LogP contribution in [0.1, 0.15) is 30.0 Å². The van der Waals surface area contributed by atoms with Crippen LogP contribution in [0.3, 0.4) is 0 Å². The zero-order valence-corrected chi connectivity index (χ0v) is 7.46. The highest BCUT2D eigenvalue weighted by molar-refractivity contribution is 5.57. The fourth-order valence-electron chi connectivity index (χ4n) is 2.01. The molecule has 0 spiro atoms. The van der Waals surface area contributed by atoms with Crippen molar-refractivity contribution in [3.8, 4) is 5.75 Å². The van der Waals surface area contributed by atoms with Crippen LogP contribution in [-0.2, 0) is 6.42 Å². The molecule has 1 aliphatic carbocycles. The molecule has 70 valence electrons. The Labute approximate surface area is 77.4 Å². The molecule has 0 heterocycles. The summed E-state index contributed by atoms with van der Waals surface area (Å²) in [6.07, 6.45) is 2.93. The molecule has 0 aromatic heterocycles. The average molecular weight is 178 g/mol. The van der Waals surface area contributed by atoms with Gasteiger partial charge in [-0.15, -0.1) is 0 Å². The summed E-state index contributed by atoms with van der Waals surface area (Å²) in [6, 6.07) is 3.32. The fourth-order valence-corrected chi connectivity index (χ4v) is 2.01. The van der Waals surface area contributed by atoms with Crippen LogP contribution >= 0.6 is 0 Å². The lowest BCUT2D eigenvalue weighted by molar-refractivity contribution is 0.448. The predicted octanol–water partition coefficient (Wildman–Crippen LogP) is 1.31. The number of benzene rings is 1. The van der Waals surface area contributed by atoms with Gasteiger partial charge in [-0.25, -0.2) is 0 Å². The monoisotopic (exact) mass is 178 g/mol. The molecule has 2 rings (SSSR count). The number of rotatable bonds is 0. The van der Waals surface area contributed by atoms with E-state index in [2.05, 4.69) is 0 Å². The van der Waals surface area contributed by atoms with Gasteiger partial charge in [-0.05, 0) is 37.0 Å². The van der Waals surface area contributed by atoms with Crippen molar-refractivity contribution in [3.63, 3.8) is 0 Å². The van der Waals surface area contributed by atoms with E-state index in [4.69, 9.17) is 11.5 Å². The Bertz CT molecular complexity index is 336. The number of phenols is 1. The van der Waals surface area contributed by atoms with Gasteiger partial charge in [-0.1, -0.05) is 0 Å². The van der Waals surface area contributed by atoms with Gasteiger partial charge >= 0.3 is 0 Å². The normalized spacial score (nSPS) is 21.2. The Morgan fingerprint density at radius 2 is 2.15 bits per heavy atom. The summed E-state index contributed by atoms with van der Waals surface area (Å²) in [5.74, 6) is 0.288. The molecule has 0 aliphatic heterocycles. The highest BCUT2D eigenvalue weighted by Gasteiger charge is 2.21. The molecule has 1 aromatic carbocycles. The number of phenolic OH excluding ortho intramolecular Hbond substituents is 1. The van der Waals surface area contributed by atoms with E-state index in [-0.39, 0.29) is 11.8 Å². The van der Waals surface area contributed by atoms with Gasteiger partial charge in [0.15, 0.2) is 0 Å². The van der Waals surface area contributed by atoms with E-state index in [0.717, 1.165) is 36.1 Å². The van der Waals surface area contributed by atoms with Gasteiger partial charge in [-0.3, -0.25) is 0 Å². The first-order valence-corrected chi connectivity index (χ1v) is 4.56. The molecule has 0 saturated heterocycles. The molecule has 3 nitrogen and oxygen atoms in total. The molecular formula is C10H14N2O. The van der Waals surface area contributed by atoms with Crippen LogP contribution in [0.2, 0.25) is 0 Å². The molecule has 0 amide bonds. The van der Waals surface area contributed by atoms with Crippen LogP contribution < -0.4 is 11.5 Å². The zero-order chi connectivity index (χ0) is 9.42. The van der Waals surface area contributed by atoms with Crippen LogP contribution in [0, 0.1) is 0 Å². The molecule has 1 atom stereocenters. The SMILES string of the molecule is Nc1ccc(O)c2c1CCC[C@H]2N. The van der Waals surface area contributed by atoms with E-state index in [1.807, 2.05) is 0 Å². The van der Waals surface area contributed by atoms with Crippen molar-refractivity contribution in [2.75, 3.05) is 5.73 Å². The summed E-state index contributed by atoms with van der Waals surface area (Å²) < 4.78 is 0. The minimum absolute atomic E-state index is 0.0488.